The molecule has 0 aliphatic carbocycles. The topological polar surface area (TPSA) is 84.5 Å². The summed E-state index contributed by atoms with van der Waals surface area (Å²) < 4.78 is 5.76. The fraction of sp³-hybridized carbons (Fsp3) is 0.815. The summed E-state index contributed by atoms with van der Waals surface area (Å²) in [4.78, 5) is 39.0. The lowest BCUT2D eigenvalue weighted by atomic mass is 9.86. The number of amides is 2. The van der Waals surface area contributed by atoms with E-state index in [2.05, 4.69) is 31.4 Å². The van der Waals surface area contributed by atoms with Crippen LogP contribution in [0.4, 0.5) is 0 Å². The van der Waals surface area contributed by atoms with E-state index in [1.54, 1.807) is 6.92 Å². The molecule has 0 aromatic rings. The molecule has 33 heavy (non-hydrogen) atoms. The molecule has 6 heteroatoms. The number of hydrogen-bond donors (Lipinski definition) is 2. The van der Waals surface area contributed by atoms with E-state index in [1.807, 2.05) is 40.7 Å². The molecule has 6 nitrogen and oxygen atoms in total. The Bertz CT molecular complexity index is 688. The third-order valence-electron chi connectivity index (χ3n) is 6.86. The number of esters is 1. The molecule has 1 heterocycles. The third kappa shape index (κ3) is 9.89. The number of hydrogen-bond acceptors (Lipinski definition) is 4. The molecular formula is C27H48N2O4. The molecule has 7 atom stereocenters. The maximum absolute atomic E-state index is 13.2. The zero-order chi connectivity index (χ0) is 25.3. The van der Waals surface area contributed by atoms with Crippen LogP contribution in [0.25, 0.3) is 0 Å². The van der Waals surface area contributed by atoms with Crippen LogP contribution in [0, 0.1) is 29.6 Å². The van der Waals surface area contributed by atoms with Gasteiger partial charge in [0.2, 0.25) is 11.8 Å². The minimum atomic E-state index is -0.740. The second-order valence-corrected chi connectivity index (χ2v) is 10.9. The molecule has 0 aromatic heterocycles. The van der Waals surface area contributed by atoms with Crippen LogP contribution in [0.15, 0.2) is 11.6 Å². The molecule has 0 saturated heterocycles. The standard InChI is InChI=1S/C27H48N2O4/c1-10-20(7)24-27(32)33-22(9)12-11-17(4)13-18(5)14-19(6)15-21(8)25(30)28-23(16(2)3)26(31)29-24/h15-20,22-24H,10-14H2,1-9H3,(H,28,30)(H,29,31)/b21-15+. The van der Waals surface area contributed by atoms with Crippen LogP contribution in [0.5, 0.6) is 0 Å². The first-order chi connectivity index (χ1) is 15.3. The van der Waals surface area contributed by atoms with Crippen molar-refractivity contribution in [3.63, 3.8) is 0 Å². The van der Waals surface area contributed by atoms with Gasteiger partial charge in [-0.05, 0) is 69.1 Å². The highest BCUT2D eigenvalue weighted by Gasteiger charge is 2.33. The normalized spacial score (nSPS) is 34.2. The van der Waals surface area contributed by atoms with Crippen molar-refractivity contribution in [1.82, 2.24) is 10.6 Å². The quantitative estimate of drug-likeness (QED) is 0.575. The Balaban J connectivity index is 3.22. The van der Waals surface area contributed by atoms with Crippen molar-refractivity contribution in [2.24, 2.45) is 29.6 Å². The van der Waals surface area contributed by atoms with Gasteiger partial charge in [0.15, 0.2) is 0 Å². The first kappa shape index (κ1) is 29.2. The Morgan fingerprint density at radius 2 is 1.58 bits per heavy atom. The highest BCUT2D eigenvalue weighted by atomic mass is 16.5. The van der Waals surface area contributed by atoms with E-state index in [1.165, 1.54) is 0 Å². The average Bonchev–Trinajstić information content (AvgIpc) is 2.71. The van der Waals surface area contributed by atoms with Crippen molar-refractivity contribution in [3.05, 3.63) is 11.6 Å². The summed E-state index contributed by atoms with van der Waals surface area (Å²) in [5, 5.41) is 5.77. The largest absolute Gasteiger partial charge is 0.461 e. The SMILES string of the molecule is CCC(C)C1NC(=O)C(C(C)C)NC(=O)/C(C)=C/C(C)CC(C)CC(C)CCC(C)OC1=O. The molecule has 0 fully saturated rings. The van der Waals surface area contributed by atoms with E-state index in [9.17, 15) is 14.4 Å². The van der Waals surface area contributed by atoms with Crippen LogP contribution in [-0.4, -0.2) is 36.0 Å². The highest BCUT2D eigenvalue weighted by Crippen LogP contribution is 2.25. The lowest BCUT2D eigenvalue weighted by molar-refractivity contribution is -0.154. The molecule has 1 rings (SSSR count). The zero-order valence-corrected chi connectivity index (χ0v) is 22.4. The first-order valence-electron chi connectivity index (χ1n) is 12.9. The number of carbonyl (C=O) groups is 3. The number of rotatable bonds is 3. The maximum atomic E-state index is 13.2. The van der Waals surface area contributed by atoms with Crippen molar-refractivity contribution < 1.29 is 19.1 Å². The number of cyclic esters (lactones) is 1. The summed E-state index contributed by atoms with van der Waals surface area (Å²) in [5.41, 5.74) is 0.619. The Labute approximate surface area is 201 Å². The van der Waals surface area contributed by atoms with Crippen LogP contribution < -0.4 is 10.6 Å². The Morgan fingerprint density at radius 3 is 2.15 bits per heavy atom. The molecule has 0 bridgehead atoms. The van der Waals surface area contributed by atoms with Crippen LogP contribution in [0.3, 0.4) is 0 Å². The Morgan fingerprint density at radius 1 is 0.939 bits per heavy atom. The fourth-order valence-corrected chi connectivity index (χ4v) is 4.66. The van der Waals surface area contributed by atoms with Crippen molar-refractivity contribution in [2.45, 2.75) is 113 Å². The summed E-state index contributed by atoms with van der Waals surface area (Å²) in [5.74, 6) is 0.139. The smallest absolute Gasteiger partial charge is 0.329 e. The number of nitrogens with one attached hydrogen (secondary N) is 2. The van der Waals surface area contributed by atoms with Crippen molar-refractivity contribution >= 4 is 17.8 Å². The van der Waals surface area contributed by atoms with Crippen LogP contribution in [-0.2, 0) is 19.1 Å². The summed E-state index contributed by atoms with van der Waals surface area (Å²) in [6.45, 7) is 18.1. The van der Waals surface area contributed by atoms with Crippen LogP contribution in [0.1, 0.15) is 94.4 Å². The predicted octanol–water partition coefficient (Wildman–Crippen LogP) is 5.02. The van der Waals surface area contributed by atoms with E-state index in [0.717, 1.165) is 32.1 Å². The van der Waals surface area contributed by atoms with E-state index in [0.29, 0.717) is 17.4 Å². The molecule has 0 saturated carbocycles. The lowest BCUT2D eigenvalue weighted by Crippen LogP contribution is -2.55. The number of carbonyl (C=O) groups excluding carboxylic acids is 3. The highest BCUT2D eigenvalue weighted by molar-refractivity contribution is 5.97. The van der Waals surface area contributed by atoms with Gasteiger partial charge in [0.05, 0.1) is 6.10 Å². The Kier molecular flexibility index (Phi) is 12.2. The maximum Gasteiger partial charge on any atom is 0.329 e. The van der Waals surface area contributed by atoms with Gasteiger partial charge in [0.1, 0.15) is 12.1 Å². The third-order valence-corrected chi connectivity index (χ3v) is 6.86. The molecule has 7 unspecified atom stereocenters. The summed E-state index contributed by atoms with van der Waals surface area (Å²) in [6.07, 6.45) is 6.43. The van der Waals surface area contributed by atoms with Crippen molar-refractivity contribution in [3.8, 4) is 0 Å². The van der Waals surface area contributed by atoms with E-state index >= 15 is 0 Å². The zero-order valence-electron chi connectivity index (χ0n) is 22.4. The minimum absolute atomic E-state index is 0.0787. The van der Waals surface area contributed by atoms with Gasteiger partial charge in [-0.3, -0.25) is 9.59 Å². The van der Waals surface area contributed by atoms with Crippen LogP contribution in [0.2, 0.25) is 0 Å². The van der Waals surface area contributed by atoms with E-state index in [4.69, 9.17) is 4.74 Å². The molecule has 0 radical (unpaired) electrons. The lowest BCUT2D eigenvalue weighted by Gasteiger charge is -2.29. The summed E-state index contributed by atoms with van der Waals surface area (Å²) in [7, 11) is 0. The van der Waals surface area contributed by atoms with Crippen LogP contribution >= 0.6 is 0 Å². The monoisotopic (exact) mass is 464 g/mol. The van der Waals surface area contributed by atoms with E-state index < -0.39 is 18.1 Å². The van der Waals surface area contributed by atoms with Gasteiger partial charge in [-0.2, -0.15) is 0 Å². The Hall–Kier alpha value is -1.85. The summed E-state index contributed by atoms with van der Waals surface area (Å²) >= 11 is 0. The summed E-state index contributed by atoms with van der Waals surface area (Å²) in [6, 6.07) is -1.47. The van der Waals surface area contributed by atoms with Gasteiger partial charge in [0, 0.05) is 5.57 Å². The first-order valence-corrected chi connectivity index (χ1v) is 12.9. The van der Waals surface area contributed by atoms with Gasteiger partial charge < -0.3 is 15.4 Å². The second kappa shape index (κ2) is 13.8. The molecular weight excluding hydrogens is 416 g/mol. The number of allylic oxidation sites excluding steroid dienone is 1. The van der Waals surface area contributed by atoms with Gasteiger partial charge in [0.25, 0.3) is 0 Å². The van der Waals surface area contributed by atoms with Crippen molar-refractivity contribution in [1.29, 1.82) is 0 Å². The predicted molar refractivity (Wildman–Crippen MR) is 133 cm³/mol. The molecule has 0 spiro atoms. The fourth-order valence-electron chi connectivity index (χ4n) is 4.66. The van der Waals surface area contributed by atoms with Gasteiger partial charge in [-0.15, -0.1) is 0 Å². The average molecular weight is 465 g/mol. The van der Waals surface area contributed by atoms with Gasteiger partial charge >= 0.3 is 5.97 Å². The molecule has 2 N–H and O–H groups in total. The van der Waals surface area contributed by atoms with Crippen molar-refractivity contribution in [2.75, 3.05) is 0 Å². The minimum Gasteiger partial charge on any atom is -0.461 e. The van der Waals surface area contributed by atoms with E-state index in [-0.39, 0.29) is 35.7 Å². The van der Waals surface area contributed by atoms with Gasteiger partial charge in [-0.25, -0.2) is 4.79 Å². The molecule has 1 aliphatic heterocycles. The molecule has 0 aromatic carbocycles. The molecule has 1 aliphatic rings. The molecule has 190 valence electrons. The second-order valence-electron chi connectivity index (χ2n) is 10.9. The van der Waals surface area contributed by atoms with Gasteiger partial charge in [-0.1, -0.05) is 61.0 Å². The molecule has 2 amide bonds. The number of ether oxygens (including phenoxy) is 1.